The predicted molar refractivity (Wildman–Crippen MR) is 82.3 cm³/mol. The smallest absolute Gasteiger partial charge is 0.355 e. The van der Waals surface area contributed by atoms with E-state index in [1.54, 1.807) is 31.7 Å². The summed E-state index contributed by atoms with van der Waals surface area (Å²) in [4.78, 5) is 36.7. The Hall–Kier alpha value is -2.51. The molecule has 0 spiro atoms. The number of carbonyl (C=O) groups excluding carboxylic acids is 2. The number of hydrogen-bond donors (Lipinski definition) is 2. The molecule has 8 nitrogen and oxygen atoms in total. The molecule has 0 radical (unpaired) electrons. The van der Waals surface area contributed by atoms with Gasteiger partial charge in [-0.05, 0) is 26.3 Å². The van der Waals surface area contributed by atoms with Crippen molar-refractivity contribution in [1.82, 2.24) is 9.47 Å². The highest BCUT2D eigenvalue weighted by Gasteiger charge is 2.42. The number of nitrogens with zero attached hydrogens (tertiary/aromatic N) is 2. The van der Waals surface area contributed by atoms with Crippen LogP contribution >= 0.6 is 0 Å². The Balaban J connectivity index is 2.03. The number of likely N-dealkylation sites (tertiary alicyclic amines) is 1. The number of aromatic nitrogens is 1. The number of aliphatic carboxylic acids is 1. The first-order valence-electron chi connectivity index (χ1n) is 7.39. The molecular formula is C15H21N3O5. The minimum absolute atomic E-state index is 0.158. The molecule has 2 N–H and O–H groups in total. The highest BCUT2D eigenvalue weighted by atomic mass is 16.5. The molecule has 23 heavy (non-hydrogen) atoms. The summed E-state index contributed by atoms with van der Waals surface area (Å²) >= 11 is 0. The number of nitrogens with one attached hydrogen (secondary N) is 1. The van der Waals surface area contributed by atoms with E-state index in [1.165, 1.54) is 11.0 Å². The highest BCUT2D eigenvalue weighted by Crippen LogP contribution is 2.30. The first-order chi connectivity index (χ1) is 10.8. The quantitative estimate of drug-likeness (QED) is 0.818. The number of aryl methyl sites for hydroxylation is 1. The van der Waals surface area contributed by atoms with Gasteiger partial charge in [-0.15, -0.1) is 0 Å². The lowest BCUT2D eigenvalue weighted by atomic mass is 9.90. The van der Waals surface area contributed by atoms with Crippen LogP contribution in [0.4, 0.5) is 10.5 Å². The van der Waals surface area contributed by atoms with Crippen LogP contribution in [0.25, 0.3) is 0 Å². The number of anilines is 1. The van der Waals surface area contributed by atoms with Gasteiger partial charge in [-0.25, -0.2) is 9.59 Å². The normalized spacial score (nSPS) is 20.4. The summed E-state index contributed by atoms with van der Waals surface area (Å²) in [7, 11) is 1.68. The van der Waals surface area contributed by atoms with E-state index in [9.17, 15) is 19.5 Å². The summed E-state index contributed by atoms with van der Waals surface area (Å²) in [5.74, 6) is -1.37. The van der Waals surface area contributed by atoms with Crippen LogP contribution in [0.15, 0.2) is 12.3 Å². The summed E-state index contributed by atoms with van der Waals surface area (Å²) in [5, 5.41) is 11.9. The molecule has 0 aromatic carbocycles. The van der Waals surface area contributed by atoms with E-state index in [0.717, 1.165) is 0 Å². The van der Waals surface area contributed by atoms with E-state index in [2.05, 4.69) is 5.32 Å². The third kappa shape index (κ3) is 3.46. The van der Waals surface area contributed by atoms with Gasteiger partial charge >= 0.3 is 18.0 Å². The fourth-order valence-corrected chi connectivity index (χ4v) is 2.55. The van der Waals surface area contributed by atoms with Crippen molar-refractivity contribution in [1.29, 1.82) is 0 Å². The number of ether oxygens (including phenoxy) is 1. The second-order valence-corrected chi connectivity index (χ2v) is 5.91. The summed E-state index contributed by atoms with van der Waals surface area (Å²) < 4.78 is 6.50. The molecular weight excluding hydrogens is 302 g/mol. The molecule has 8 heteroatoms. The van der Waals surface area contributed by atoms with E-state index in [0.29, 0.717) is 24.3 Å². The van der Waals surface area contributed by atoms with Gasteiger partial charge in [-0.1, -0.05) is 0 Å². The standard InChI is InChI=1S/C15H21N3O5/c1-4-23-12(19)11-7-10(8-17(11)3)16-14(22)18-6-5-15(2,9-18)13(20)21/h7-8H,4-6,9H2,1-3H3,(H,16,22)(H,20,21). The van der Waals surface area contributed by atoms with Crippen LogP contribution < -0.4 is 5.32 Å². The highest BCUT2D eigenvalue weighted by molar-refractivity contribution is 5.94. The van der Waals surface area contributed by atoms with Crippen molar-refractivity contribution < 1.29 is 24.2 Å². The molecule has 1 fully saturated rings. The number of amides is 2. The van der Waals surface area contributed by atoms with Crippen molar-refractivity contribution in [2.75, 3.05) is 25.0 Å². The Morgan fingerprint density at radius 2 is 2.13 bits per heavy atom. The van der Waals surface area contributed by atoms with Crippen LogP contribution in [0.3, 0.4) is 0 Å². The summed E-state index contributed by atoms with van der Waals surface area (Å²) in [6.07, 6.45) is 2.02. The van der Waals surface area contributed by atoms with Crippen LogP contribution in [0.2, 0.25) is 0 Å². The number of carboxylic acids is 1. The molecule has 126 valence electrons. The van der Waals surface area contributed by atoms with Gasteiger partial charge < -0.3 is 24.6 Å². The Morgan fingerprint density at radius 1 is 1.43 bits per heavy atom. The largest absolute Gasteiger partial charge is 0.481 e. The molecule has 2 rings (SSSR count). The van der Waals surface area contributed by atoms with Gasteiger partial charge in [-0.3, -0.25) is 4.79 Å². The molecule has 0 bridgehead atoms. The first-order valence-corrected chi connectivity index (χ1v) is 7.39. The molecule has 2 amide bonds. The topological polar surface area (TPSA) is 101 Å². The summed E-state index contributed by atoms with van der Waals surface area (Å²) in [6.45, 7) is 4.16. The Morgan fingerprint density at radius 3 is 2.70 bits per heavy atom. The van der Waals surface area contributed by atoms with Crippen molar-refractivity contribution in [3.8, 4) is 0 Å². The third-order valence-electron chi connectivity index (χ3n) is 4.02. The van der Waals surface area contributed by atoms with Crippen molar-refractivity contribution in [3.05, 3.63) is 18.0 Å². The van der Waals surface area contributed by atoms with Crippen LogP contribution in [-0.2, 0) is 16.6 Å². The number of hydrogen-bond acceptors (Lipinski definition) is 4. The maximum Gasteiger partial charge on any atom is 0.355 e. The maximum atomic E-state index is 12.2. The van der Waals surface area contributed by atoms with Gasteiger partial charge in [0, 0.05) is 26.3 Å². The molecule has 0 aliphatic carbocycles. The zero-order chi connectivity index (χ0) is 17.2. The van der Waals surface area contributed by atoms with Crippen molar-refractivity contribution in [2.24, 2.45) is 12.5 Å². The van der Waals surface area contributed by atoms with Crippen LogP contribution in [0, 0.1) is 5.41 Å². The monoisotopic (exact) mass is 323 g/mol. The number of esters is 1. The van der Waals surface area contributed by atoms with Gasteiger partial charge in [0.2, 0.25) is 0 Å². The lowest BCUT2D eigenvalue weighted by molar-refractivity contribution is -0.146. The van der Waals surface area contributed by atoms with Crippen molar-refractivity contribution in [2.45, 2.75) is 20.3 Å². The van der Waals surface area contributed by atoms with Crippen LogP contribution in [0.1, 0.15) is 30.8 Å². The van der Waals surface area contributed by atoms with Gasteiger partial charge in [0.15, 0.2) is 0 Å². The summed E-state index contributed by atoms with van der Waals surface area (Å²) in [6, 6.07) is 1.15. The summed E-state index contributed by atoms with van der Waals surface area (Å²) in [5.41, 5.74) is -0.118. The zero-order valence-corrected chi connectivity index (χ0v) is 13.5. The Labute approximate surface area is 134 Å². The fourth-order valence-electron chi connectivity index (χ4n) is 2.55. The molecule has 1 saturated heterocycles. The second kappa shape index (κ2) is 6.31. The lowest BCUT2D eigenvalue weighted by Gasteiger charge is -2.20. The molecule has 0 saturated carbocycles. The Bertz CT molecular complexity index is 639. The molecule has 1 aromatic rings. The number of rotatable bonds is 4. The van der Waals surface area contributed by atoms with E-state index in [1.807, 2.05) is 0 Å². The average Bonchev–Trinajstić information content (AvgIpc) is 3.04. The molecule has 2 heterocycles. The van der Waals surface area contributed by atoms with Crippen molar-refractivity contribution >= 4 is 23.7 Å². The zero-order valence-electron chi connectivity index (χ0n) is 13.5. The number of carboxylic acid groups (broad SMARTS) is 1. The van der Waals surface area contributed by atoms with Crippen LogP contribution in [-0.4, -0.2) is 52.2 Å². The third-order valence-corrected chi connectivity index (χ3v) is 4.02. The molecule has 1 aromatic heterocycles. The van der Waals surface area contributed by atoms with Gasteiger partial charge in [-0.2, -0.15) is 0 Å². The Kier molecular flexibility index (Phi) is 4.63. The lowest BCUT2D eigenvalue weighted by Crippen LogP contribution is -2.37. The van der Waals surface area contributed by atoms with Gasteiger partial charge in [0.1, 0.15) is 5.69 Å². The molecule has 1 atom stereocenters. The molecule has 1 aliphatic heterocycles. The van der Waals surface area contributed by atoms with E-state index in [-0.39, 0.29) is 19.2 Å². The maximum absolute atomic E-state index is 12.2. The number of carbonyl (C=O) groups is 3. The van der Waals surface area contributed by atoms with Gasteiger partial charge in [0.25, 0.3) is 0 Å². The average molecular weight is 323 g/mol. The minimum Gasteiger partial charge on any atom is -0.481 e. The fraction of sp³-hybridized carbons (Fsp3) is 0.533. The predicted octanol–water partition coefficient (Wildman–Crippen LogP) is 1.53. The molecule has 1 aliphatic rings. The van der Waals surface area contributed by atoms with E-state index >= 15 is 0 Å². The number of urea groups is 1. The van der Waals surface area contributed by atoms with Crippen LogP contribution in [0.5, 0.6) is 0 Å². The van der Waals surface area contributed by atoms with E-state index < -0.39 is 17.4 Å². The van der Waals surface area contributed by atoms with Crippen molar-refractivity contribution in [3.63, 3.8) is 0 Å². The minimum atomic E-state index is -0.913. The molecule has 1 unspecified atom stereocenters. The second-order valence-electron chi connectivity index (χ2n) is 5.91. The first kappa shape index (κ1) is 16.9. The SMILES string of the molecule is CCOC(=O)c1cc(NC(=O)N2CCC(C)(C(=O)O)C2)cn1C. The van der Waals surface area contributed by atoms with E-state index in [4.69, 9.17) is 4.74 Å². The van der Waals surface area contributed by atoms with Gasteiger partial charge in [0.05, 0.1) is 17.7 Å².